The van der Waals surface area contributed by atoms with Crippen LogP contribution in [-0.4, -0.2) is 29.6 Å². The molecule has 1 aliphatic rings. The number of hydrogen-bond acceptors (Lipinski definition) is 2. The van der Waals surface area contributed by atoms with Crippen LogP contribution in [0.5, 0.6) is 0 Å². The molecule has 0 amide bonds. The van der Waals surface area contributed by atoms with Crippen molar-refractivity contribution in [3.8, 4) is 0 Å². The fraction of sp³-hybridized carbons (Fsp3) is 0.800. The number of rotatable bonds is 4. The molecule has 0 aromatic carbocycles. The highest BCUT2D eigenvalue weighted by molar-refractivity contribution is 4.90. The molecule has 0 aliphatic carbocycles. The summed E-state index contributed by atoms with van der Waals surface area (Å²) in [4.78, 5) is 4.74. The van der Waals surface area contributed by atoms with Gasteiger partial charge < -0.3 is 9.80 Å². The van der Waals surface area contributed by atoms with Gasteiger partial charge in [0.05, 0.1) is 6.67 Å². The number of hydrogen-bond donors (Lipinski definition) is 0. The van der Waals surface area contributed by atoms with Gasteiger partial charge in [0, 0.05) is 25.5 Å². The maximum absolute atomic E-state index is 2.38. The quantitative estimate of drug-likeness (QED) is 0.634. The van der Waals surface area contributed by atoms with Crippen LogP contribution in [0.1, 0.15) is 27.2 Å². The van der Waals surface area contributed by atoms with Crippen LogP contribution in [0.15, 0.2) is 12.4 Å². The zero-order valence-corrected chi connectivity index (χ0v) is 8.45. The Hall–Kier alpha value is -0.660. The molecule has 0 unspecified atom stereocenters. The zero-order valence-electron chi connectivity index (χ0n) is 8.45. The molecule has 2 nitrogen and oxygen atoms in total. The lowest BCUT2D eigenvalue weighted by Gasteiger charge is -2.22. The van der Waals surface area contributed by atoms with Crippen molar-refractivity contribution < 1.29 is 0 Å². The van der Waals surface area contributed by atoms with Gasteiger partial charge in [-0.15, -0.1) is 0 Å². The van der Waals surface area contributed by atoms with E-state index in [-0.39, 0.29) is 0 Å². The van der Waals surface area contributed by atoms with Gasteiger partial charge in [0.15, 0.2) is 0 Å². The minimum absolute atomic E-state index is 0.760. The molecule has 0 bridgehead atoms. The third kappa shape index (κ3) is 2.76. The second-order valence-corrected chi connectivity index (χ2v) is 3.92. The molecule has 0 atom stereocenters. The van der Waals surface area contributed by atoms with Crippen LogP contribution in [0.4, 0.5) is 0 Å². The Balaban J connectivity index is 2.23. The summed E-state index contributed by atoms with van der Waals surface area (Å²) in [7, 11) is 0. The maximum atomic E-state index is 2.38. The van der Waals surface area contributed by atoms with Crippen molar-refractivity contribution in [3.63, 3.8) is 0 Å². The number of nitrogens with zero attached hydrogens (tertiary/aromatic N) is 2. The molecule has 0 radical (unpaired) electrons. The van der Waals surface area contributed by atoms with E-state index in [0.29, 0.717) is 0 Å². The van der Waals surface area contributed by atoms with Crippen LogP contribution in [0, 0.1) is 5.92 Å². The van der Waals surface area contributed by atoms with E-state index in [1.807, 2.05) is 0 Å². The summed E-state index contributed by atoms with van der Waals surface area (Å²) in [6.07, 6.45) is 5.64. The van der Waals surface area contributed by atoms with Crippen LogP contribution in [0.25, 0.3) is 0 Å². The van der Waals surface area contributed by atoms with Gasteiger partial charge in [-0.1, -0.05) is 20.8 Å². The molecular weight excluding hydrogens is 148 g/mol. The standard InChI is InChI=1S/C10H20N2/c1-4-5-11-6-7-12(9-11)8-10(2)3/h6-7,10H,4-5,8-9H2,1-3H3. The lowest BCUT2D eigenvalue weighted by atomic mass is 10.2. The fourth-order valence-corrected chi connectivity index (χ4v) is 1.54. The molecule has 1 rings (SSSR count). The Morgan fingerprint density at radius 3 is 2.50 bits per heavy atom. The first-order chi connectivity index (χ1) is 5.72. The summed E-state index contributed by atoms with van der Waals surface area (Å²) in [5, 5.41) is 0. The van der Waals surface area contributed by atoms with E-state index in [4.69, 9.17) is 0 Å². The van der Waals surface area contributed by atoms with Gasteiger partial charge in [-0.2, -0.15) is 0 Å². The van der Waals surface area contributed by atoms with Crippen LogP contribution in [0.2, 0.25) is 0 Å². The third-order valence-electron chi connectivity index (χ3n) is 1.96. The average Bonchev–Trinajstić information content (AvgIpc) is 2.36. The Morgan fingerprint density at radius 1 is 1.25 bits per heavy atom. The fourth-order valence-electron chi connectivity index (χ4n) is 1.54. The van der Waals surface area contributed by atoms with Crippen molar-refractivity contribution in [1.29, 1.82) is 0 Å². The maximum Gasteiger partial charge on any atom is 0.0893 e. The molecule has 0 saturated heterocycles. The van der Waals surface area contributed by atoms with Crippen LogP contribution in [0.3, 0.4) is 0 Å². The van der Waals surface area contributed by atoms with E-state index >= 15 is 0 Å². The molecular formula is C10H20N2. The second-order valence-electron chi connectivity index (χ2n) is 3.92. The summed E-state index contributed by atoms with van der Waals surface area (Å²) in [5.41, 5.74) is 0. The predicted molar refractivity (Wildman–Crippen MR) is 52.5 cm³/mol. The topological polar surface area (TPSA) is 6.48 Å². The first-order valence-electron chi connectivity index (χ1n) is 4.88. The Labute approximate surface area is 75.8 Å². The Kier molecular flexibility index (Phi) is 3.45. The lowest BCUT2D eigenvalue weighted by Crippen LogP contribution is -2.28. The highest BCUT2D eigenvalue weighted by Gasteiger charge is 2.11. The molecule has 0 saturated carbocycles. The molecule has 12 heavy (non-hydrogen) atoms. The van der Waals surface area contributed by atoms with Gasteiger partial charge in [0.1, 0.15) is 0 Å². The van der Waals surface area contributed by atoms with Gasteiger partial charge in [0.2, 0.25) is 0 Å². The Bertz CT molecular complexity index is 152. The summed E-state index contributed by atoms with van der Waals surface area (Å²) >= 11 is 0. The van der Waals surface area contributed by atoms with E-state index in [9.17, 15) is 0 Å². The molecule has 2 heteroatoms. The third-order valence-corrected chi connectivity index (χ3v) is 1.96. The molecule has 70 valence electrons. The minimum atomic E-state index is 0.760. The molecule has 0 fully saturated rings. The van der Waals surface area contributed by atoms with E-state index in [2.05, 4.69) is 43.0 Å². The van der Waals surface area contributed by atoms with Gasteiger partial charge >= 0.3 is 0 Å². The first kappa shape index (κ1) is 9.43. The van der Waals surface area contributed by atoms with Crippen molar-refractivity contribution in [2.24, 2.45) is 5.92 Å². The molecule has 1 heterocycles. The first-order valence-corrected chi connectivity index (χ1v) is 4.88. The smallest absolute Gasteiger partial charge is 0.0893 e. The van der Waals surface area contributed by atoms with Crippen LogP contribution < -0.4 is 0 Å². The molecule has 0 aromatic rings. The van der Waals surface area contributed by atoms with Crippen LogP contribution in [-0.2, 0) is 0 Å². The van der Waals surface area contributed by atoms with Gasteiger partial charge in [-0.3, -0.25) is 0 Å². The van der Waals surface area contributed by atoms with Gasteiger partial charge in [-0.05, 0) is 12.3 Å². The molecule has 1 aliphatic heterocycles. The van der Waals surface area contributed by atoms with Crippen molar-refractivity contribution >= 4 is 0 Å². The van der Waals surface area contributed by atoms with Gasteiger partial charge in [0.25, 0.3) is 0 Å². The monoisotopic (exact) mass is 168 g/mol. The van der Waals surface area contributed by atoms with Crippen molar-refractivity contribution in [3.05, 3.63) is 12.4 Å². The van der Waals surface area contributed by atoms with Gasteiger partial charge in [-0.25, -0.2) is 0 Å². The Morgan fingerprint density at radius 2 is 1.92 bits per heavy atom. The predicted octanol–water partition coefficient (Wildman–Crippen LogP) is 2.10. The lowest BCUT2D eigenvalue weighted by molar-refractivity contribution is 0.246. The molecule has 0 spiro atoms. The average molecular weight is 168 g/mol. The van der Waals surface area contributed by atoms with E-state index in [1.54, 1.807) is 0 Å². The summed E-state index contributed by atoms with van der Waals surface area (Å²) in [6.45, 7) is 10.2. The second kappa shape index (κ2) is 4.39. The van der Waals surface area contributed by atoms with E-state index in [1.165, 1.54) is 19.5 Å². The van der Waals surface area contributed by atoms with E-state index < -0.39 is 0 Å². The highest BCUT2D eigenvalue weighted by atomic mass is 15.3. The normalized spacial score (nSPS) is 16.7. The molecule has 0 N–H and O–H groups in total. The van der Waals surface area contributed by atoms with Crippen molar-refractivity contribution in [1.82, 2.24) is 9.80 Å². The highest BCUT2D eigenvalue weighted by Crippen LogP contribution is 2.09. The zero-order chi connectivity index (χ0) is 8.97. The van der Waals surface area contributed by atoms with Crippen LogP contribution >= 0.6 is 0 Å². The van der Waals surface area contributed by atoms with Crippen molar-refractivity contribution in [2.45, 2.75) is 27.2 Å². The minimum Gasteiger partial charge on any atom is -0.359 e. The largest absolute Gasteiger partial charge is 0.359 e. The summed E-state index contributed by atoms with van der Waals surface area (Å²) in [5.74, 6) is 0.760. The molecule has 0 aromatic heterocycles. The summed E-state index contributed by atoms with van der Waals surface area (Å²) < 4.78 is 0. The van der Waals surface area contributed by atoms with Crippen molar-refractivity contribution in [2.75, 3.05) is 19.8 Å². The SMILES string of the molecule is CCCN1C=CN(CC(C)C)C1. The summed E-state index contributed by atoms with van der Waals surface area (Å²) in [6, 6.07) is 0. The van der Waals surface area contributed by atoms with E-state index in [0.717, 1.165) is 12.6 Å².